The second-order valence-electron chi connectivity index (χ2n) is 2.35. The summed E-state index contributed by atoms with van der Waals surface area (Å²) in [5.74, 6) is 0. The summed E-state index contributed by atoms with van der Waals surface area (Å²) >= 11 is 0. The van der Waals surface area contributed by atoms with Crippen LogP contribution in [0, 0.1) is 6.42 Å². The van der Waals surface area contributed by atoms with Crippen molar-refractivity contribution in [3.8, 4) is 0 Å². The highest BCUT2D eigenvalue weighted by Crippen LogP contribution is 2.24. The predicted molar refractivity (Wildman–Crippen MR) is 31.4 cm³/mol. The lowest BCUT2D eigenvalue weighted by atomic mass is 10.1. The van der Waals surface area contributed by atoms with Crippen LogP contribution >= 0.6 is 0 Å². The van der Waals surface area contributed by atoms with Crippen molar-refractivity contribution in [3.63, 3.8) is 0 Å². The molecule has 1 aliphatic heterocycles. The Morgan fingerprint density at radius 1 is 1.40 bits per heavy atom. The van der Waals surface area contributed by atoms with Gasteiger partial charge < -0.3 is 5.32 Å². The Bertz CT molecular complexity index is 104. The van der Waals surface area contributed by atoms with Gasteiger partial charge >= 0.3 is 6.18 Å². The van der Waals surface area contributed by atoms with Gasteiger partial charge in [-0.2, -0.15) is 13.2 Å². The van der Waals surface area contributed by atoms with E-state index < -0.39 is 12.2 Å². The van der Waals surface area contributed by atoms with E-state index >= 15 is 0 Å². The first-order valence-electron chi connectivity index (χ1n) is 3.24. The van der Waals surface area contributed by atoms with E-state index in [2.05, 4.69) is 5.32 Å². The van der Waals surface area contributed by atoms with Gasteiger partial charge in [0.05, 0.1) is 0 Å². The molecule has 1 aliphatic rings. The summed E-state index contributed by atoms with van der Waals surface area (Å²) in [6.45, 7) is 0.473. The number of nitrogens with one attached hydrogen (secondary N) is 1. The van der Waals surface area contributed by atoms with E-state index in [0.717, 1.165) is 6.42 Å². The van der Waals surface area contributed by atoms with E-state index in [4.69, 9.17) is 0 Å². The molecule has 0 aliphatic carbocycles. The summed E-state index contributed by atoms with van der Waals surface area (Å²) in [5.41, 5.74) is 0. The highest BCUT2D eigenvalue weighted by molar-refractivity contribution is 4.91. The molecule has 1 heterocycles. The minimum absolute atomic E-state index is 0.473. The molecule has 0 bridgehead atoms. The lowest BCUT2D eigenvalue weighted by molar-refractivity contribution is -0.150. The van der Waals surface area contributed by atoms with Crippen LogP contribution in [0.4, 0.5) is 13.2 Å². The number of rotatable bonds is 0. The zero-order valence-electron chi connectivity index (χ0n) is 5.41. The van der Waals surface area contributed by atoms with Crippen LogP contribution < -0.4 is 5.32 Å². The largest absolute Gasteiger partial charge is 0.404 e. The van der Waals surface area contributed by atoms with Crippen molar-refractivity contribution in [3.05, 3.63) is 6.42 Å². The molecule has 0 spiro atoms. The Hall–Kier alpha value is -0.250. The molecule has 59 valence electrons. The van der Waals surface area contributed by atoms with Crippen LogP contribution in [-0.2, 0) is 0 Å². The number of hydrogen-bond donors (Lipinski definition) is 1. The molecule has 1 N–H and O–H groups in total. The molecule has 1 radical (unpaired) electrons. The van der Waals surface area contributed by atoms with E-state index in [0.29, 0.717) is 13.0 Å². The maximum Gasteiger partial charge on any atom is 0.404 e. The standard InChI is InChI=1S/C6H9F3N/c7-6(8,9)5-3-1-2-4-10-5/h3,5,10H,1-2,4H2. The third-order valence-electron chi connectivity index (χ3n) is 1.50. The Labute approximate surface area is 57.6 Å². The van der Waals surface area contributed by atoms with Gasteiger partial charge in [-0.25, -0.2) is 0 Å². The minimum Gasteiger partial charge on any atom is -0.306 e. The second-order valence-corrected chi connectivity index (χ2v) is 2.35. The van der Waals surface area contributed by atoms with E-state index in [1.165, 1.54) is 6.42 Å². The maximum absolute atomic E-state index is 11.8. The average molecular weight is 152 g/mol. The van der Waals surface area contributed by atoms with Crippen LogP contribution in [0.15, 0.2) is 0 Å². The fourth-order valence-corrected chi connectivity index (χ4v) is 0.977. The molecule has 1 rings (SSSR count). The third kappa shape index (κ3) is 1.87. The van der Waals surface area contributed by atoms with E-state index in [9.17, 15) is 13.2 Å². The van der Waals surface area contributed by atoms with Crippen LogP contribution in [0.2, 0.25) is 0 Å². The summed E-state index contributed by atoms with van der Waals surface area (Å²) in [5, 5.41) is 2.38. The molecule has 1 fully saturated rings. The fraction of sp³-hybridized carbons (Fsp3) is 0.833. The molecule has 4 heteroatoms. The molecule has 1 nitrogen and oxygen atoms in total. The number of hydrogen-bond acceptors (Lipinski definition) is 1. The second kappa shape index (κ2) is 2.78. The van der Waals surface area contributed by atoms with Crippen molar-refractivity contribution in [2.75, 3.05) is 6.54 Å². The molecule has 0 aromatic rings. The monoisotopic (exact) mass is 152 g/mol. The number of alkyl halides is 3. The summed E-state index contributed by atoms with van der Waals surface area (Å²) in [6, 6.07) is -1.37. The van der Waals surface area contributed by atoms with E-state index in [1.54, 1.807) is 0 Å². The topological polar surface area (TPSA) is 12.0 Å². The molecule has 1 unspecified atom stereocenters. The molecular formula is C6H9F3N. The first kappa shape index (κ1) is 7.85. The molecule has 0 saturated carbocycles. The molecule has 1 saturated heterocycles. The zero-order valence-corrected chi connectivity index (χ0v) is 5.41. The van der Waals surface area contributed by atoms with Gasteiger partial charge in [-0.3, -0.25) is 0 Å². The average Bonchev–Trinajstić information content (AvgIpc) is 1.88. The smallest absolute Gasteiger partial charge is 0.306 e. The van der Waals surface area contributed by atoms with Gasteiger partial charge in [0, 0.05) is 0 Å². The summed E-state index contributed by atoms with van der Waals surface area (Å²) in [7, 11) is 0. The minimum atomic E-state index is -4.10. The third-order valence-corrected chi connectivity index (χ3v) is 1.50. The molecule has 0 aromatic heterocycles. The number of halogens is 3. The lowest BCUT2D eigenvalue weighted by Gasteiger charge is -2.24. The van der Waals surface area contributed by atoms with Crippen molar-refractivity contribution in [2.24, 2.45) is 0 Å². The highest BCUT2D eigenvalue weighted by Gasteiger charge is 2.39. The van der Waals surface area contributed by atoms with Crippen molar-refractivity contribution in [1.29, 1.82) is 0 Å². The Balaban J connectivity index is 2.39. The van der Waals surface area contributed by atoms with Crippen molar-refractivity contribution in [1.82, 2.24) is 5.32 Å². The summed E-state index contributed by atoms with van der Waals surface area (Å²) in [4.78, 5) is 0. The lowest BCUT2D eigenvalue weighted by Crippen LogP contribution is -2.45. The van der Waals surface area contributed by atoms with Gasteiger partial charge in [0.2, 0.25) is 0 Å². The predicted octanol–water partition coefficient (Wildman–Crippen LogP) is 1.50. The Morgan fingerprint density at radius 3 is 2.40 bits per heavy atom. The van der Waals surface area contributed by atoms with Crippen LogP contribution in [0.3, 0.4) is 0 Å². The number of piperidine rings is 1. The Kier molecular flexibility index (Phi) is 2.18. The molecular weight excluding hydrogens is 143 g/mol. The first-order chi connectivity index (χ1) is 4.61. The molecule has 0 aromatic carbocycles. The Morgan fingerprint density at radius 2 is 2.10 bits per heavy atom. The fourth-order valence-electron chi connectivity index (χ4n) is 0.977. The van der Waals surface area contributed by atoms with Crippen LogP contribution in [0.1, 0.15) is 12.8 Å². The van der Waals surface area contributed by atoms with Crippen molar-refractivity contribution >= 4 is 0 Å². The molecule has 10 heavy (non-hydrogen) atoms. The quantitative estimate of drug-likeness (QED) is 0.554. The van der Waals surface area contributed by atoms with Crippen LogP contribution in [0.5, 0.6) is 0 Å². The van der Waals surface area contributed by atoms with Gasteiger partial charge in [-0.15, -0.1) is 0 Å². The van der Waals surface area contributed by atoms with Gasteiger partial charge in [-0.05, 0) is 25.8 Å². The maximum atomic E-state index is 11.8. The van der Waals surface area contributed by atoms with Gasteiger partial charge in [-0.1, -0.05) is 0 Å². The van der Waals surface area contributed by atoms with Crippen LogP contribution in [0.25, 0.3) is 0 Å². The molecule has 1 atom stereocenters. The van der Waals surface area contributed by atoms with Gasteiger partial charge in [0.25, 0.3) is 0 Å². The van der Waals surface area contributed by atoms with Gasteiger partial charge in [0.15, 0.2) is 0 Å². The van der Waals surface area contributed by atoms with E-state index in [-0.39, 0.29) is 0 Å². The SMILES string of the molecule is FC(F)(F)C1[CH]CCCN1. The summed E-state index contributed by atoms with van der Waals surface area (Å²) < 4.78 is 35.5. The normalized spacial score (nSPS) is 28.5. The van der Waals surface area contributed by atoms with E-state index in [1.807, 2.05) is 0 Å². The summed E-state index contributed by atoms with van der Waals surface area (Å²) in [6.07, 6.45) is -1.44. The first-order valence-corrected chi connectivity index (χ1v) is 3.24. The van der Waals surface area contributed by atoms with Crippen molar-refractivity contribution in [2.45, 2.75) is 25.1 Å². The molecule has 0 amide bonds. The highest BCUT2D eigenvalue weighted by atomic mass is 19.4. The van der Waals surface area contributed by atoms with Gasteiger partial charge in [0.1, 0.15) is 6.04 Å². The zero-order chi connectivity index (χ0) is 7.61. The van der Waals surface area contributed by atoms with Crippen molar-refractivity contribution < 1.29 is 13.2 Å². The van der Waals surface area contributed by atoms with Crippen LogP contribution in [-0.4, -0.2) is 18.8 Å².